The van der Waals surface area contributed by atoms with Crippen LogP contribution in [0.3, 0.4) is 0 Å². The van der Waals surface area contributed by atoms with Crippen LogP contribution in [-0.4, -0.2) is 0 Å². The second-order valence-electron chi connectivity index (χ2n) is 6.18. The summed E-state index contributed by atoms with van der Waals surface area (Å²) in [6.45, 7) is 0. The maximum Gasteiger partial charge on any atom is 0.0423 e. The van der Waals surface area contributed by atoms with Crippen molar-refractivity contribution in [2.45, 2.75) is 38.0 Å². The molecule has 0 spiro atoms. The van der Waals surface area contributed by atoms with E-state index in [1.54, 1.807) is 0 Å². The summed E-state index contributed by atoms with van der Waals surface area (Å²) in [5.74, 6) is 1.40. The van der Waals surface area contributed by atoms with Gasteiger partial charge in [-0.15, -0.1) is 0 Å². The fraction of sp³-hybridized carbons (Fsp3) is 0.368. The number of hydrogen-bond acceptors (Lipinski definition) is 1. The molecule has 0 aromatic heterocycles. The second-order valence-corrected chi connectivity index (χ2v) is 6.18. The average molecular weight is 263 g/mol. The van der Waals surface area contributed by atoms with E-state index in [1.165, 1.54) is 54.6 Å². The standard InChI is InChI=1S/C19H21N/c1-2-8-14(9-3-1)19-15-10-4-6-12-17(15)20-18-13-7-5-11-16(18)19/h4-7,10-14,19-20H,1-3,8-9H2. The monoisotopic (exact) mass is 263 g/mol. The van der Waals surface area contributed by atoms with Crippen molar-refractivity contribution in [3.8, 4) is 0 Å². The lowest BCUT2D eigenvalue weighted by molar-refractivity contribution is 0.327. The van der Waals surface area contributed by atoms with E-state index in [0.717, 1.165) is 5.92 Å². The normalized spacial score (nSPS) is 19.0. The summed E-state index contributed by atoms with van der Waals surface area (Å²) in [5, 5.41) is 3.61. The molecule has 1 saturated carbocycles. The molecule has 1 N–H and O–H groups in total. The molecule has 1 aliphatic carbocycles. The van der Waals surface area contributed by atoms with Gasteiger partial charge in [0.2, 0.25) is 0 Å². The molecule has 1 fully saturated rings. The molecule has 1 heteroatoms. The molecule has 2 aromatic rings. The summed E-state index contributed by atoms with van der Waals surface area (Å²) in [5.41, 5.74) is 5.61. The van der Waals surface area contributed by atoms with Crippen LogP contribution in [0.15, 0.2) is 48.5 Å². The van der Waals surface area contributed by atoms with E-state index < -0.39 is 0 Å². The summed E-state index contributed by atoms with van der Waals surface area (Å²) in [6.07, 6.45) is 6.99. The van der Waals surface area contributed by atoms with Crippen LogP contribution in [0.4, 0.5) is 11.4 Å². The van der Waals surface area contributed by atoms with Crippen molar-refractivity contribution in [1.29, 1.82) is 0 Å². The van der Waals surface area contributed by atoms with Gasteiger partial charge in [-0.2, -0.15) is 0 Å². The van der Waals surface area contributed by atoms with E-state index in [4.69, 9.17) is 0 Å². The highest BCUT2D eigenvalue weighted by Crippen LogP contribution is 2.48. The second kappa shape index (κ2) is 4.97. The molecule has 0 bridgehead atoms. The number of nitrogens with one attached hydrogen (secondary N) is 1. The Balaban J connectivity index is 1.83. The number of hydrogen-bond donors (Lipinski definition) is 1. The van der Waals surface area contributed by atoms with Crippen molar-refractivity contribution in [2.75, 3.05) is 5.32 Å². The van der Waals surface area contributed by atoms with Gasteiger partial charge in [0.15, 0.2) is 0 Å². The Bertz CT molecular complexity index is 565. The topological polar surface area (TPSA) is 12.0 Å². The van der Waals surface area contributed by atoms with Gasteiger partial charge in [0.05, 0.1) is 0 Å². The van der Waals surface area contributed by atoms with Crippen molar-refractivity contribution < 1.29 is 0 Å². The van der Waals surface area contributed by atoms with Crippen LogP contribution < -0.4 is 5.32 Å². The summed E-state index contributed by atoms with van der Waals surface area (Å²) in [6, 6.07) is 17.7. The quantitative estimate of drug-likeness (QED) is 0.720. The predicted octanol–water partition coefficient (Wildman–Crippen LogP) is 5.46. The summed E-state index contributed by atoms with van der Waals surface area (Å²) < 4.78 is 0. The average Bonchev–Trinajstić information content (AvgIpc) is 2.53. The van der Waals surface area contributed by atoms with Gasteiger partial charge in [0.25, 0.3) is 0 Å². The maximum absolute atomic E-state index is 3.61. The van der Waals surface area contributed by atoms with Crippen molar-refractivity contribution in [1.82, 2.24) is 0 Å². The molecule has 2 aromatic carbocycles. The first-order chi connectivity index (χ1) is 9.93. The first-order valence-electron chi connectivity index (χ1n) is 7.88. The Morgan fingerprint density at radius 1 is 0.700 bits per heavy atom. The molecule has 0 amide bonds. The smallest absolute Gasteiger partial charge is 0.0423 e. The van der Waals surface area contributed by atoms with Crippen LogP contribution >= 0.6 is 0 Å². The van der Waals surface area contributed by atoms with Crippen LogP contribution in [0.25, 0.3) is 0 Å². The Kier molecular flexibility index (Phi) is 2.99. The third-order valence-electron chi connectivity index (χ3n) is 4.98. The third kappa shape index (κ3) is 1.93. The molecule has 0 saturated heterocycles. The summed E-state index contributed by atoms with van der Waals surface area (Å²) in [7, 11) is 0. The van der Waals surface area contributed by atoms with E-state index in [2.05, 4.69) is 53.8 Å². The van der Waals surface area contributed by atoms with Gasteiger partial charge in [-0.3, -0.25) is 0 Å². The minimum absolute atomic E-state index is 0.587. The van der Waals surface area contributed by atoms with Crippen LogP contribution in [-0.2, 0) is 0 Å². The minimum atomic E-state index is 0.587. The summed E-state index contributed by atoms with van der Waals surface area (Å²) >= 11 is 0. The lowest BCUT2D eigenvalue weighted by Gasteiger charge is -2.36. The zero-order valence-electron chi connectivity index (χ0n) is 11.8. The molecule has 2 aliphatic rings. The predicted molar refractivity (Wildman–Crippen MR) is 84.6 cm³/mol. The highest BCUT2D eigenvalue weighted by molar-refractivity contribution is 5.73. The molecular formula is C19H21N. The van der Waals surface area contributed by atoms with Gasteiger partial charge in [0.1, 0.15) is 0 Å². The highest BCUT2D eigenvalue weighted by Gasteiger charge is 2.32. The van der Waals surface area contributed by atoms with E-state index in [0.29, 0.717) is 5.92 Å². The number of anilines is 2. The van der Waals surface area contributed by atoms with Crippen molar-refractivity contribution in [3.05, 3.63) is 59.7 Å². The first kappa shape index (κ1) is 12.0. The van der Waals surface area contributed by atoms with E-state index >= 15 is 0 Å². The number of benzene rings is 2. The van der Waals surface area contributed by atoms with Gasteiger partial charge in [0, 0.05) is 17.3 Å². The Morgan fingerprint density at radius 2 is 1.25 bits per heavy atom. The Labute approximate surface area is 121 Å². The molecule has 4 rings (SSSR count). The lowest BCUT2D eigenvalue weighted by atomic mass is 9.71. The van der Waals surface area contributed by atoms with Gasteiger partial charge in [-0.1, -0.05) is 55.7 Å². The fourth-order valence-corrected chi connectivity index (χ4v) is 4.05. The zero-order chi connectivity index (χ0) is 13.4. The molecule has 20 heavy (non-hydrogen) atoms. The Hall–Kier alpha value is -1.76. The molecule has 1 heterocycles. The summed E-state index contributed by atoms with van der Waals surface area (Å²) in [4.78, 5) is 0. The molecule has 0 radical (unpaired) electrons. The minimum Gasteiger partial charge on any atom is -0.355 e. The van der Waals surface area contributed by atoms with Gasteiger partial charge in [-0.25, -0.2) is 0 Å². The third-order valence-corrected chi connectivity index (χ3v) is 4.98. The zero-order valence-corrected chi connectivity index (χ0v) is 11.8. The number of rotatable bonds is 1. The van der Waals surface area contributed by atoms with Crippen LogP contribution in [0.5, 0.6) is 0 Å². The first-order valence-corrected chi connectivity index (χ1v) is 7.88. The number of para-hydroxylation sites is 2. The largest absolute Gasteiger partial charge is 0.355 e. The Morgan fingerprint density at radius 3 is 1.85 bits per heavy atom. The molecule has 102 valence electrons. The van der Waals surface area contributed by atoms with Crippen molar-refractivity contribution in [3.63, 3.8) is 0 Å². The molecule has 0 unspecified atom stereocenters. The fourth-order valence-electron chi connectivity index (χ4n) is 4.05. The van der Waals surface area contributed by atoms with Gasteiger partial charge in [-0.05, 0) is 42.0 Å². The number of fused-ring (bicyclic) bond motifs is 2. The van der Waals surface area contributed by atoms with Gasteiger partial charge >= 0.3 is 0 Å². The van der Waals surface area contributed by atoms with Crippen LogP contribution in [0.2, 0.25) is 0 Å². The molecule has 0 atom stereocenters. The SMILES string of the molecule is c1ccc2c(c1)Nc1ccccc1C2C1CCCCC1. The van der Waals surface area contributed by atoms with E-state index in [9.17, 15) is 0 Å². The van der Waals surface area contributed by atoms with E-state index in [1.807, 2.05) is 0 Å². The maximum atomic E-state index is 3.61. The van der Waals surface area contributed by atoms with E-state index in [-0.39, 0.29) is 0 Å². The van der Waals surface area contributed by atoms with Crippen molar-refractivity contribution in [2.24, 2.45) is 5.92 Å². The highest BCUT2D eigenvalue weighted by atomic mass is 14.9. The van der Waals surface area contributed by atoms with Gasteiger partial charge < -0.3 is 5.32 Å². The molecular weight excluding hydrogens is 242 g/mol. The lowest BCUT2D eigenvalue weighted by Crippen LogP contribution is -2.22. The molecule has 1 aliphatic heterocycles. The van der Waals surface area contributed by atoms with Crippen molar-refractivity contribution >= 4 is 11.4 Å². The molecule has 1 nitrogen and oxygen atoms in total. The van der Waals surface area contributed by atoms with Crippen LogP contribution in [0, 0.1) is 5.92 Å². The van der Waals surface area contributed by atoms with Crippen LogP contribution in [0.1, 0.15) is 49.1 Å².